The molecule has 0 spiro atoms. The molecule has 0 saturated heterocycles. The number of rotatable bonds is 2. The minimum absolute atomic E-state index is 0.292. The van der Waals surface area contributed by atoms with Crippen molar-refractivity contribution in [2.24, 2.45) is 0 Å². The van der Waals surface area contributed by atoms with Crippen molar-refractivity contribution in [3.63, 3.8) is 0 Å². The Balaban J connectivity index is 3.64. The number of Topliss-reactive ketones (excluding diaryl/α,β-unsaturated/α-hetero) is 1. The van der Waals surface area contributed by atoms with Gasteiger partial charge in [0.2, 0.25) is 0 Å². The third kappa shape index (κ3) is 2.04. The van der Waals surface area contributed by atoms with Crippen molar-refractivity contribution in [1.82, 2.24) is 0 Å². The van der Waals surface area contributed by atoms with Gasteiger partial charge in [0, 0.05) is 6.10 Å². The second-order valence-corrected chi connectivity index (χ2v) is 1.83. The Hall–Kier alpha value is -0.410. The van der Waals surface area contributed by atoms with Crippen LogP contribution in [0.2, 0.25) is 0 Å². The number of nitrogens with one attached hydrogen (secondary N) is 1. The second kappa shape index (κ2) is 2.79. The lowest BCUT2D eigenvalue weighted by atomic mass is 10.1. The Bertz CT molecular complexity index is 90.4. The maximum Gasteiger partial charge on any atom is 0.114 e. The molecule has 0 aliphatic carbocycles. The zero-order valence-electron chi connectivity index (χ0n) is 5.01. The van der Waals surface area contributed by atoms with Gasteiger partial charge < -0.3 is 15.6 Å². The summed E-state index contributed by atoms with van der Waals surface area (Å²) in [6, 6.07) is -0.963. The van der Waals surface area contributed by atoms with E-state index < -0.39 is 12.1 Å². The molecule has 0 amide bonds. The van der Waals surface area contributed by atoms with E-state index in [1.807, 2.05) is 0 Å². The molecule has 0 aromatic carbocycles. The van der Waals surface area contributed by atoms with Crippen LogP contribution in [-0.2, 0) is 4.79 Å². The van der Waals surface area contributed by atoms with Crippen LogP contribution in [0.25, 0.3) is 5.73 Å². The summed E-state index contributed by atoms with van der Waals surface area (Å²) in [6.45, 7) is 2.73. The molecule has 0 aliphatic rings. The number of hydrogen-bond donors (Lipinski definition) is 1. The quantitative estimate of drug-likeness (QED) is 0.566. The molecule has 0 aliphatic heterocycles. The van der Waals surface area contributed by atoms with Gasteiger partial charge in [-0.15, -0.1) is 0 Å². The van der Waals surface area contributed by atoms with Gasteiger partial charge in [0.05, 0.1) is 0 Å². The molecule has 2 atom stereocenters. The summed E-state index contributed by atoms with van der Waals surface area (Å²) in [5, 5.41) is 8.58. The van der Waals surface area contributed by atoms with E-state index in [2.05, 4.69) is 0 Å². The van der Waals surface area contributed by atoms with Gasteiger partial charge in [0.25, 0.3) is 0 Å². The summed E-state index contributed by atoms with van der Waals surface area (Å²) in [7, 11) is 0. The van der Waals surface area contributed by atoms with Gasteiger partial charge in [0.15, 0.2) is 0 Å². The first-order valence-electron chi connectivity index (χ1n) is 2.45. The monoisotopic (exact) mass is 116 g/mol. The Morgan fingerprint density at radius 3 is 2.12 bits per heavy atom. The molecule has 3 heteroatoms. The van der Waals surface area contributed by atoms with Crippen LogP contribution in [0.1, 0.15) is 13.8 Å². The lowest BCUT2D eigenvalue weighted by Gasteiger charge is -2.18. The summed E-state index contributed by atoms with van der Waals surface area (Å²) in [6.07, 6.45) is -0.840. The maximum atomic E-state index is 10.2. The largest absolute Gasteiger partial charge is 0.666 e. The molecule has 8 heavy (non-hydrogen) atoms. The number of ketones is 1. The van der Waals surface area contributed by atoms with Crippen LogP contribution in [-0.4, -0.2) is 23.0 Å². The summed E-state index contributed by atoms with van der Waals surface area (Å²) < 4.78 is 0. The fourth-order valence-electron chi connectivity index (χ4n) is 0.340. The fraction of sp³-hybridized carbons (Fsp3) is 0.800. The van der Waals surface area contributed by atoms with E-state index in [9.17, 15) is 4.79 Å². The number of hydrogen-bond acceptors (Lipinski definition) is 2. The van der Waals surface area contributed by atoms with Crippen molar-refractivity contribution in [3.05, 3.63) is 5.73 Å². The van der Waals surface area contributed by atoms with Crippen LogP contribution in [0.3, 0.4) is 0 Å². The van der Waals surface area contributed by atoms with Crippen molar-refractivity contribution in [2.75, 3.05) is 0 Å². The van der Waals surface area contributed by atoms with Gasteiger partial charge in [-0.3, -0.25) is 0 Å². The summed E-state index contributed by atoms with van der Waals surface area (Å²) >= 11 is 0. The highest BCUT2D eigenvalue weighted by Crippen LogP contribution is 1.96. The van der Waals surface area contributed by atoms with E-state index in [1.165, 1.54) is 13.8 Å². The van der Waals surface area contributed by atoms with Crippen molar-refractivity contribution in [2.45, 2.75) is 26.0 Å². The molecule has 2 N–H and O–H groups in total. The first-order valence-corrected chi connectivity index (χ1v) is 2.45. The molecule has 0 aromatic rings. The Labute approximate surface area is 48.5 Å². The molecular formula is C5H10NO2-. The van der Waals surface area contributed by atoms with Gasteiger partial charge >= 0.3 is 0 Å². The van der Waals surface area contributed by atoms with Crippen molar-refractivity contribution < 1.29 is 9.90 Å². The highest BCUT2D eigenvalue weighted by molar-refractivity contribution is 5.83. The van der Waals surface area contributed by atoms with Gasteiger partial charge in [-0.1, -0.05) is 6.04 Å². The van der Waals surface area contributed by atoms with E-state index in [-0.39, 0.29) is 5.78 Å². The standard InChI is InChI=1S/C5H10NO2/c1-3(7)5(6)4(2)8/h3,5-7H,1-2H3/q-1. The zero-order valence-corrected chi connectivity index (χ0v) is 5.01. The smallest absolute Gasteiger partial charge is 0.114 e. The Kier molecular flexibility index (Phi) is 2.65. The highest BCUT2D eigenvalue weighted by Gasteiger charge is 2.04. The average molecular weight is 116 g/mol. The molecule has 2 unspecified atom stereocenters. The molecule has 0 heterocycles. The topological polar surface area (TPSA) is 61.1 Å². The minimum atomic E-state index is -0.963. The van der Waals surface area contributed by atoms with Crippen LogP contribution < -0.4 is 0 Å². The third-order valence-corrected chi connectivity index (χ3v) is 0.920. The number of aliphatic hydroxyl groups is 1. The number of carbonyl (C=O) groups is 1. The van der Waals surface area contributed by atoms with Gasteiger partial charge in [-0.2, -0.15) is 0 Å². The summed E-state index contributed by atoms with van der Waals surface area (Å²) in [5.74, 6) is -0.292. The third-order valence-electron chi connectivity index (χ3n) is 0.920. The van der Waals surface area contributed by atoms with E-state index in [0.717, 1.165) is 0 Å². The Morgan fingerprint density at radius 2 is 2.12 bits per heavy atom. The molecule has 48 valence electrons. The van der Waals surface area contributed by atoms with Gasteiger partial charge in [-0.05, 0) is 13.8 Å². The highest BCUT2D eigenvalue weighted by atomic mass is 16.3. The van der Waals surface area contributed by atoms with E-state index in [1.54, 1.807) is 0 Å². The van der Waals surface area contributed by atoms with E-state index in [4.69, 9.17) is 10.8 Å². The Morgan fingerprint density at radius 1 is 1.75 bits per heavy atom. The number of aliphatic hydroxyl groups excluding tert-OH is 1. The van der Waals surface area contributed by atoms with Crippen molar-refractivity contribution >= 4 is 5.78 Å². The van der Waals surface area contributed by atoms with E-state index >= 15 is 0 Å². The molecule has 3 nitrogen and oxygen atoms in total. The lowest BCUT2D eigenvalue weighted by molar-refractivity contribution is -0.119. The summed E-state index contributed by atoms with van der Waals surface area (Å²) in [4.78, 5) is 10.2. The first kappa shape index (κ1) is 7.59. The van der Waals surface area contributed by atoms with Crippen molar-refractivity contribution in [1.29, 1.82) is 0 Å². The van der Waals surface area contributed by atoms with Crippen molar-refractivity contribution in [3.8, 4) is 0 Å². The van der Waals surface area contributed by atoms with Gasteiger partial charge in [-0.25, -0.2) is 0 Å². The molecule has 0 aromatic heterocycles. The molecule has 0 bridgehead atoms. The molecule has 0 rings (SSSR count). The first-order chi connectivity index (χ1) is 3.55. The van der Waals surface area contributed by atoms with Crippen LogP contribution in [0.5, 0.6) is 0 Å². The van der Waals surface area contributed by atoms with Crippen LogP contribution >= 0.6 is 0 Å². The summed E-state index contributed by atoms with van der Waals surface area (Å²) in [5.41, 5.74) is 6.88. The van der Waals surface area contributed by atoms with E-state index in [0.29, 0.717) is 0 Å². The predicted molar refractivity (Wildman–Crippen MR) is 30.5 cm³/mol. The maximum absolute atomic E-state index is 10.2. The van der Waals surface area contributed by atoms with Gasteiger partial charge in [0.1, 0.15) is 5.78 Å². The molecule has 0 radical (unpaired) electrons. The number of carbonyl (C=O) groups excluding carboxylic acids is 1. The predicted octanol–water partition coefficient (Wildman–Crippen LogP) is 0.377. The molecule has 0 saturated carbocycles. The fourth-order valence-corrected chi connectivity index (χ4v) is 0.340. The average Bonchev–Trinajstić information content (AvgIpc) is 1.64. The normalized spacial score (nSPS) is 17.5. The second-order valence-electron chi connectivity index (χ2n) is 1.83. The SMILES string of the molecule is CC(=O)C([NH-])C(C)O. The molecule has 0 fully saturated rings. The van der Waals surface area contributed by atoms with Crippen LogP contribution in [0.4, 0.5) is 0 Å². The lowest BCUT2D eigenvalue weighted by Crippen LogP contribution is -2.25. The minimum Gasteiger partial charge on any atom is -0.666 e. The van der Waals surface area contributed by atoms with Crippen LogP contribution in [0.15, 0.2) is 0 Å². The zero-order chi connectivity index (χ0) is 6.73. The molecular weight excluding hydrogens is 106 g/mol. The van der Waals surface area contributed by atoms with Crippen LogP contribution in [0, 0.1) is 0 Å².